The van der Waals surface area contributed by atoms with E-state index in [1.807, 2.05) is 0 Å². The summed E-state index contributed by atoms with van der Waals surface area (Å²) in [5.74, 6) is 0. The van der Waals surface area contributed by atoms with Crippen molar-refractivity contribution in [3.8, 4) is 0 Å². The Bertz CT molecular complexity index is 838. The van der Waals surface area contributed by atoms with E-state index in [2.05, 4.69) is 105 Å². The Morgan fingerprint density at radius 2 is 0.757 bits per heavy atom. The molecule has 0 spiro atoms. The normalized spacial score (nSPS) is 12.5. The summed E-state index contributed by atoms with van der Waals surface area (Å²) < 4.78 is 0.803. The second kappa shape index (κ2) is 17.2. The summed E-state index contributed by atoms with van der Waals surface area (Å²) in [7, 11) is 0. The molecule has 0 heterocycles. The van der Waals surface area contributed by atoms with Crippen molar-refractivity contribution in [2.75, 3.05) is 0 Å². The number of hydrogen-bond donors (Lipinski definition) is 0. The Labute approximate surface area is 228 Å². The summed E-state index contributed by atoms with van der Waals surface area (Å²) >= 11 is 0. The molecule has 1 atom stereocenters. The maximum atomic E-state index is 2.38. The molecular weight excluding hydrogens is 446 g/mol. The van der Waals surface area contributed by atoms with Gasteiger partial charge in [-0.25, -0.2) is 4.48 Å². The molecule has 0 aliphatic heterocycles. The van der Waals surface area contributed by atoms with Crippen molar-refractivity contribution >= 4 is 17.1 Å². The standard InChI is InChI=1S/C36H52N/c1-3-5-6-7-8-9-10-11-12-13-14-15-19-26-33(4-2)37(34-27-20-16-21-28-34,35-29-22-17-23-30-35)36-31-24-18-25-32-36/h16-18,20-25,27-33H,3-15,19,26H2,1-2H3/q+1. The van der Waals surface area contributed by atoms with Gasteiger partial charge in [-0.2, -0.15) is 0 Å². The maximum absolute atomic E-state index is 2.38. The van der Waals surface area contributed by atoms with Crippen LogP contribution in [-0.2, 0) is 0 Å². The third-order valence-corrected chi connectivity index (χ3v) is 8.15. The Morgan fingerprint density at radius 3 is 1.08 bits per heavy atom. The van der Waals surface area contributed by atoms with Gasteiger partial charge in [-0.3, -0.25) is 0 Å². The predicted molar refractivity (Wildman–Crippen MR) is 165 cm³/mol. The minimum atomic E-state index is 0.500. The number of para-hydroxylation sites is 3. The van der Waals surface area contributed by atoms with Crippen molar-refractivity contribution in [3.63, 3.8) is 0 Å². The van der Waals surface area contributed by atoms with Crippen LogP contribution in [0.3, 0.4) is 0 Å². The SMILES string of the molecule is CCCCCCCCCCCCCCCC(CC)[N+](c1ccccc1)(c1ccccc1)c1ccccc1. The lowest BCUT2D eigenvalue weighted by molar-refractivity contribution is 0.337. The van der Waals surface area contributed by atoms with Crippen molar-refractivity contribution in [1.29, 1.82) is 0 Å². The highest BCUT2D eigenvalue weighted by atomic mass is 15.4. The number of benzene rings is 3. The lowest BCUT2D eigenvalue weighted by Gasteiger charge is -2.43. The lowest BCUT2D eigenvalue weighted by atomic mass is 9.96. The van der Waals surface area contributed by atoms with Crippen molar-refractivity contribution in [2.45, 2.75) is 116 Å². The van der Waals surface area contributed by atoms with Crippen molar-refractivity contribution in [3.05, 3.63) is 91.0 Å². The van der Waals surface area contributed by atoms with Crippen LogP contribution >= 0.6 is 0 Å². The molecule has 3 rings (SSSR count). The van der Waals surface area contributed by atoms with Crippen molar-refractivity contribution in [1.82, 2.24) is 4.48 Å². The zero-order valence-corrected chi connectivity index (χ0v) is 23.8. The number of quaternary nitrogens is 1. The number of nitrogens with zero attached hydrogens (tertiary/aromatic N) is 1. The summed E-state index contributed by atoms with van der Waals surface area (Å²) in [5, 5.41) is 0. The van der Waals surface area contributed by atoms with Crippen LogP contribution in [0.25, 0.3) is 0 Å². The summed E-state index contributed by atoms with van der Waals surface area (Å²) in [6.07, 6.45) is 20.7. The maximum Gasteiger partial charge on any atom is 0.143 e. The minimum absolute atomic E-state index is 0.500. The monoisotopic (exact) mass is 498 g/mol. The quantitative estimate of drug-likeness (QED) is 0.114. The van der Waals surface area contributed by atoms with Gasteiger partial charge in [-0.05, 0) is 49.2 Å². The lowest BCUT2D eigenvalue weighted by Crippen LogP contribution is -2.48. The first-order valence-corrected chi connectivity index (χ1v) is 15.4. The molecule has 0 amide bonds. The van der Waals surface area contributed by atoms with Crippen LogP contribution in [0.4, 0.5) is 17.1 Å². The van der Waals surface area contributed by atoms with E-state index in [-0.39, 0.29) is 0 Å². The molecule has 1 nitrogen and oxygen atoms in total. The fourth-order valence-corrected chi connectivity index (χ4v) is 6.14. The molecule has 3 aromatic rings. The number of unbranched alkanes of at least 4 members (excludes halogenated alkanes) is 12. The predicted octanol–water partition coefficient (Wildman–Crippen LogP) is 11.9. The fourth-order valence-electron chi connectivity index (χ4n) is 6.14. The van der Waals surface area contributed by atoms with Crippen LogP contribution in [-0.4, -0.2) is 6.04 Å². The smallest absolute Gasteiger partial charge is 0.143 e. The van der Waals surface area contributed by atoms with E-state index >= 15 is 0 Å². The molecule has 0 N–H and O–H groups in total. The topological polar surface area (TPSA) is 0 Å². The molecule has 37 heavy (non-hydrogen) atoms. The highest BCUT2D eigenvalue weighted by molar-refractivity contribution is 5.71. The van der Waals surface area contributed by atoms with Gasteiger partial charge in [0, 0.05) is 6.42 Å². The van der Waals surface area contributed by atoms with E-state index in [4.69, 9.17) is 0 Å². The van der Waals surface area contributed by atoms with Crippen LogP contribution in [0, 0.1) is 0 Å². The molecule has 1 heteroatoms. The van der Waals surface area contributed by atoms with E-state index in [1.165, 1.54) is 107 Å². The van der Waals surface area contributed by atoms with Crippen LogP contribution in [0.5, 0.6) is 0 Å². The Hall–Kier alpha value is -2.38. The van der Waals surface area contributed by atoms with Gasteiger partial charge in [0.25, 0.3) is 0 Å². The molecule has 0 aliphatic carbocycles. The molecule has 0 aromatic heterocycles. The second-order valence-electron chi connectivity index (χ2n) is 10.8. The summed E-state index contributed by atoms with van der Waals surface area (Å²) in [6.45, 7) is 4.68. The van der Waals surface area contributed by atoms with Crippen LogP contribution in [0.2, 0.25) is 0 Å². The molecule has 1 unspecified atom stereocenters. The molecule has 3 aromatic carbocycles. The van der Waals surface area contributed by atoms with Crippen LogP contribution in [0.15, 0.2) is 91.0 Å². The van der Waals surface area contributed by atoms with Gasteiger partial charge in [0.05, 0.1) is 0 Å². The molecule has 0 saturated heterocycles. The summed E-state index contributed by atoms with van der Waals surface area (Å²) in [5.41, 5.74) is 4.09. The second-order valence-corrected chi connectivity index (χ2v) is 10.8. The molecule has 200 valence electrons. The van der Waals surface area contributed by atoms with Gasteiger partial charge in [0.1, 0.15) is 23.1 Å². The summed E-state index contributed by atoms with van der Waals surface area (Å²) in [4.78, 5) is 0. The van der Waals surface area contributed by atoms with E-state index in [0.717, 1.165) is 10.9 Å². The first-order valence-electron chi connectivity index (χ1n) is 15.4. The highest BCUT2D eigenvalue weighted by Crippen LogP contribution is 2.47. The molecular formula is C36H52N+. The van der Waals surface area contributed by atoms with Gasteiger partial charge in [-0.1, -0.05) is 145 Å². The van der Waals surface area contributed by atoms with Gasteiger partial charge < -0.3 is 0 Å². The van der Waals surface area contributed by atoms with Crippen LogP contribution < -0.4 is 4.48 Å². The van der Waals surface area contributed by atoms with E-state index in [1.54, 1.807) is 0 Å². The number of hydrogen-bond acceptors (Lipinski definition) is 0. The highest BCUT2D eigenvalue weighted by Gasteiger charge is 2.42. The zero-order chi connectivity index (χ0) is 26.0. The third kappa shape index (κ3) is 8.57. The molecule has 0 aliphatic rings. The average Bonchev–Trinajstić information content (AvgIpc) is 2.96. The van der Waals surface area contributed by atoms with E-state index in [0.29, 0.717) is 6.04 Å². The van der Waals surface area contributed by atoms with Gasteiger partial charge in [-0.15, -0.1) is 0 Å². The molecule has 0 saturated carbocycles. The average molecular weight is 499 g/mol. The Balaban J connectivity index is 1.60. The third-order valence-electron chi connectivity index (χ3n) is 8.15. The Kier molecular flexibility index (Phi) is 13.6. The first kappa shape index (κ1) is 29.2. The van der Waals surface area contributed by atoms with Gasteiger partial charge in [0.2, 0.25) is 0 Å². The van der Waals surface area contributed by atoms with Crippen molar-refractivity contribution < 1.29 is 0 Å². The van der Waals surface area contributed by atoms with Crippen molar-refractivity contribution in [2.24, 2.45) is 0 Å². The number of rotatable bonds is 19. The van der Waals surface area contributed by atoms with Gasteiger partial charge >= 0.3 is 0 Å². The fraction of sp³-hybridized carbons (Fsp3) is 0.500. The molecule has 0 radical (unpaired) electrons. The molecule has 0 bridgehead atoms. The van der Waals surface area contributed by atoms with E-state index < -0.39 is 0 Å². The summed E-state index contributed by atoms with van der Waals surface area (Å²) in [6, 6.07) is 34.1. The largest absolute Gasteiger partial charge is 0.224 e. The van der Waals surface area contributed by atoms with Gasteiger partial charge in [0.15, 0.2) is 0 Å². The zero-order valence-electron chi connectivity index (χ0n) is 23.8. The first-order chi connectivity index (χ1) is 18.3. The minimum Gasteiger partial charge on any atom is -0.224 e. The Morgan fingerprint density at radius 1 is 0.432 bits per heavy atom. The van der Waals surface area contributed by atoms with Crippen LogP contribution in [0.1, 0.15) is 110 Å². The molecule has 0 fully saturated rings. The van der Waals surface area contributed by atoms with E-state index in [9.17, 15) is 0 Å².